The fraction of sp³-hybridized carbons (Fsp3) is 0.533. The normalized spacial score (nSPS) is 31.3. The maximum Gasteiger partial charge on any atom is 0.161 e. The largest absolute Gasteiger partial charge is 0.389 e. The molecule has 0 aromatic carbocycles. The molecule has 0 amide bonds. The first-order valence-corrected chi connectivity index (χ1v) is 6.24. The van der Waals surface area contributed by atoms with Crippen molar-refractivity contribution < 1.29 is 15.0 Å². The zero-order valence-corrected chi connectivity index (χ0v) is 11.0. The van der Waals surface area contributed by atoms with E-state index in [9.17, 15) is 15.0 Å². The molecule has 0 spiro atoms. The lowest BCUT2D eigenvalue weighted by Crippen LogP contribution is -2.26. The molecule has 0 aromatic heterocycles. The van der Waals surface area contributed by atoms with Gasteiger partial charge in [-0.25, -0.2) is 0 Å². The van der Waals surface area contributed by atoms with Gasteiger partial charge in [0, 0.05) is 12.0 Å². The zero-order valence-electron chi connectivity index (χ0n) is 11.0. The Bertz CT molecular complexity index is 381. The third-order valence-corrected chi connectivity index (χ3v) is 3.62. The minimum Gasteiger partial charge on any atom is -0.389 e. The summed E-state index contributed by atoms with van der Waals surface area (Å²) in [6.45, 7) is 13.2. The summed E-state index contributed by atoms with van der Waals surface area (Å²) in [5.74, 6) is -0.187. The lowest BCUT2D eigenvalue weighted by Gasteiger charge is -2.26. The van der Waals surface area contributed by atoms with Crippen molar-refractivity contribution in [1.29, 1.82) is 0 Å². The van der Waals surface area contributed by atoms with Crippen LogP contribution < -0.4 is 0 Å². The van der Waals surface area contributed by atoms with Gasteiger partial charge in [-0.15, -0.1) is 0 Å². The minimum absolute atomic E-state index is 0.0330. The summed E-state index contributed by atoms with van der Waals surface area (Å²) in [6.07, 6.45) is 0.0746. The van der Waals surface area contributed by atoms with Crippen LogP contribution in [0.5, 0.6) is 0 Å². The highest BCUT2D eigenvalue weighted by atomic mass is 16.3. The van der Waals surface area contributed by atoms with E-state index < -0.39 is 12.2 Å². The van der Waals surface area contributed by atoms with Gasteiger partial charge in [0.1, 0.15) is 0 Å². The van der Waals surface area contributed by atoms with Crippen LogP contribution in [0, 0.1) is 5.92 Å². The lowest BCUT2D eigenvalue weighted by molar-refractivity contribution is -0.116. The first kappa shape index (κ1) is 14.9. The highest BCUT2D eigenvalue weighted by Gasteiger charge is 2.26. The molecular formula is C15H22O3. The molecule has 3 nitrogen and oxygen atoms in total. The van der Waals surface area contributed by atoms with E-state index in [1.165, 1.54) is 0 Å². The molecule has 3 atom stereocenters. The number of hydrogen-bond acceptors (Lipinski definition) is 3. The number of ketones is 1. The van der Waals surface area contributed by atoms with Crippen LogP contribution in [0.1, 0.15) is 32.6 Å². The number of aliphatic hydroxyl groups excluding tert-OH is 2. The Balaban J connectivity index is 2.92. The van der Waals surface area contributed by atoms with Crippen molar-refractivity contribution in [3.8, 4) is 0 Å². The smallest absolute Gasteiger partial charge is 0.161 e. The molecule has 1 fully saturated rings. The number of Topliss-reactive ketones (excluding diaryl/α,β-unsaturated/α-hetero) is 1. The van der Waals surface area contributed by atoms with E-state index in [2.05, 4.69) is 19.7 Å². The minimum atomic E-state index is -0.849. The molecular weight excluding hydrogens is 228 g/mol. The summed E-state index contributed by atoms with van der Waals surface area (Å²) in [7, 11) is 0. The number of carbonyl (C=O) groups is 1. The Hall–Kier alpha value is -1.19. The van der Waals surface area contributed by atoms with E-state index in [-0.39, 0.29) is 23.7 Å². The second-order valence-corrected chi connectivity index (χ2v) is 5.15. The van der Waals surface area contributed by atoms with Crippen LogP contribution in [0.2, 0.25) is 0 Å². The van der Waals surface area contributed by atoms with Crippen LogP contribution in [0.4, 0.5) is 0 Å². The SMILES string of the molecule is C=C(C)[C@H]1C[C@@H](O)C(=C)C(=O)CCC(=C)[C@@H](O)C1. The summed E-state index contributed by atoms with van der Waals surface area (Å²) < 4.78 is 0. The van der Waals surface area contributed by atoms with Crippen LogP contribution in [-0.4, -0.2) is 28.2 Å². The molecule has 1 rings (SSSR count). The molecule has 2 N–H and O–H groups in total. The van der Waals surface area contributed by atoms with Crippen molar-refractivity contribution in [1.82, 2.24) is 0 Å². The van der Waals surface area contributed by atoms with E-state index in [0.29, 0.717) is 24.8 Å². The summed E-state index contributed by atoms with van der Waals surface area (Å²) in [5.41, 5.74) is 1.81. The van der Waals surface area contributed by atoms with Crippen LogP contribution in [0.25, 0.3) is 0 Å². The molecule has 0 bridgehead atoms. The third kappa shape index (κ3) is 3.65. The Morgan fingerprint density at radius 1 is 1.17 bits per heavy atom. The Labute approximate surface area is 109 Å². The quantitative estimate of drug-likeness (QED) is 0.554. The van der Waals surface area contributed by atoms with Crippen LogP contribution >= 0.6 is 0 Å². The van der Waals surface area contributed by atoms with Gasteiger partial charge >= 0.3 is 0 Å². The summed E-state index contributed by atoms with van der Waals surface area (Å²) in [6, 6.07) is 0. The molecule has 0 saturated heterocycles. The first-order chi connectivity index (χ1) is 8.32. The van der Waals surface area contributed by atoms with Gasteiger partial charge in [0.25, 0.3) is 0 Å². The molecule has 1 aliphatic rings. The van der Waals surface area contributed by atoms with Gasteiger partial charge in [-0.3, -0.25) is 4.79 Å². The second kappa shape index (κ2) is 6.12. The fourth-order valence-corrected chi connectivity index (χ4v) is 2.13. The fourth-order valence-electron chi connectivity index (χ4n) is 2.13. The Kier molecular flexibility index (Phi) is 5.05. The van der Waals surface area contributed by atoms with Gasteiger partial charge in [-0.2, -0.15) is 0 Å². The van der Waals surface area contributed by atoms with Crippen molar-refractivity contribution in [3.63, 3.8) is 0 Å². The Morgan fingerprint density at radius 3 is 2.28 bits per heavy atom. The first-order valence-electron chi connectivity index (χ1n) is 6.24. The third-order valence-electron chi connectivity index (χ3n) is 3.62. The summed E-state index contributed by atoms with van der Waals surface area (Å²) in [4.78, 5) is 11.8. The maximum absolute atomic E-state index is 11.8. The van der Waals surface area contributed by atoms with Gasteiger partial charge in [-0.1, -0.05) is 25.3 Å². The number of hydrogen-bond donors (Lipinski definition) is 2. The monoisotopic (exact) mass is 250 g/mol. The van der Waals surface area contributed by atoms with E-state index in [1.807, 2.05) is 6.92 Å². The summed E-state index contributed by atoms with van der Waals surface area (Å²) >= 11 is 0. The highest BCUT2D eigenvalue weighted by Crippen LogP contribution is 2.28. The van der Waals surface area contributed by atoms with E-state index in [1.54, 1.807) is 0 Å². The van der Waals surface area contributed by atoms with E-state index >= 15 is 0 Å². The van der Waals surface area contributed by atoms with Crippen molar-refractivity contribution in [2.45, 2.75) is 44.8 Å². The van der Waals surface area contributed by atoms with Gasteiger partial charge in [-0.05, 0) is 37.7 Å². The molecule has 1 aliphatic carbocycles. The molecule has 18 heavy (non-hydrogen) atoms. The number of carbonyl (C=O) groups excluding carboxylic acids is 1. The Morgan fingerprint density at radius 2 is 1.72 bits per heavy atom. The second-order valence-electron chi connectivity index (χ2n) is 5.15. The average Bonchev–Trinajstić information content (AvgIpc) is 2.31. The molecule has 0 unspecified atom stereocenters. The van der Waals surface area contributed by atoms with Gasteiger partial charge < -0.3 is 10.2 Å². The van der Waals surface area contributed by atoms with Crippen molar-refractivity contribution >= 4 is 5.78 Å². The molecule has 1 saturated carbocycles. The molecule has 0 aliphatic heterocycles. The predicted molar refractivity (Wildman–Crippen MR) is 72.1 cm³/mol. The highest BCUT2D eigenvalue weighted by molar-refractivity contribution is 5.95. The van der Waals surface area contributed by atoms with Crippen LogP contribution in [0.3, 0.4) is 0 Å². The number of allylic oxidation sites excluding steroid dienone is 1. The van der Waals surface area contributed by atoms with Gasteiger partial charge in [0.05, 0.1) is 12.2 Å². The van der Waals surface area contributed by atoms with Crippen LogP contribution in [-0.2, 0) is 4.79 Å². The summed E-state index contributed by atoms with van der Waals surface area (Å²) in [5, 5.41) is 20.0. The molecule has 3 heteroatoms. The van der Waals surface area contributed by atoms with Crippen molar-refractivity contribution in [3.05, 3.63) is 36.5 Å². The topological polar surface area (TPSA) is 57.5 Å². The van der Waals surface area contributed by atoms with Crippen LogP contribution in [0.15, 0.2) is 36.5 Å². The standard InChI is InChI=1S/C15H22O3/c1-9(2)12-7-14(17)10(3)5-6-13(16)11(4)15(18)8-12/h12,14-15,17-18H,1,3-8H2,2H3/t12-,14+,15-/m1/s1. The van der Waals surface area contributed by atoms with E-state index in [0.717, 1.165) is 5.57 Å². The lowest BCUT2D eigenvalue weighted by atomic mass is 9.83. The van der Waals surface area contributed by atoms with Gasteiger partial charge in [0.2, 0.25) is 0 Å². The van der Waals surface area contributed by atoms with E-state index in [4.69, 9.17) is 0 Å². The number of aliphatic hydroxyl groups is 2. The van der Waals surface area contributed by atoms with Crippen molar-refractivity contribution in [2.75, 3.05) is 0 Å². The molecule has 0 heterocycles. The molecule has 100 valence electrons. The zero-order chi connectivity index (χ0) is 13.9. The number of rotatable bonds is 1. The molecule has 0 radical (unpaired) electrons. The van der Waals surface area contributed by atoms with Crippen molar-refractivity contribution in [2.24, 2.45) is 5.92 Å². The van der Waals surface area contributed by atoms with Gasteiger partial charge in [0.15, 0.2) is 5.78 Å². The predicted octanol–water partition coefficient (Wildman–Crippen LogP) is 2.16. The average molecular weight is 250 g/mol. The maximum atomic E-state index is 11.8. The molecule has 0 aromatic rings.